The number of benzene rings is 1. The summed E-state index contributed by atoms with van der Waals surface area (Å²) < 4.78 is 0. The summed E-state index contributed by atoms with van der Waals surface area (Å²) >= 11 is 5.70. The highest BCUT2D eigenvalue weighted by Gasteiger charge is 2.31. The van der Waals surface area contributed by atoms with Gasteiger partial charge in [0.1, 0.15) is 6.04 Å². The first-order chi connectivity index (χ1) is 8.54. The third-order valence-corrected chi connectivity index (χ3v) is 2.63. The van der Waals surface area contributed by atoms with Crippen molar-refractivity contribution < 1.29 is 14.4 Å². The van der Waals surface area contributed by atoms with Crippen LogP contribution in [-0.4, -0.2) is 23.9 Å². The zero-order valence-electron chi connectivity index (χ0n) is 9.20. The fourth-order valence-corrected chi connectivity index (χ4v) is 1.65. The predicted molar refractivity (Wildman–Crippen MR) is 65.2 cm³/mol. The van der Waals surface area contributed by atoms with E-state index in [1.165, 1.54) is 0 Å². The van der Waals surface area contributed by atoms with E-state index in [1.54, 1.807) is 24.3 Å². The van der Waals surface area contributed by atoms with E-state index in [2.05, 4.69) is 16.0 Å². The molecule has 1 aliphatic heterocycles. The van der Waals surface area contributed by atoms with Crippen LogP contribution >= 0.6 is 11.6 Å². The number of imide groups is 1. The maximum absolute atomic E-state index is 11.6. The summed E-state index contributed by atoms with van der Waals surface area (Å²) in [4.78, 5) is 33.7. The van der Waals surface area contributed by atoms with Gasteiger partial charge in [-0.25, -0.2) is 4.79 Å². The zero-order chi connectivity index (χ0) is 13.1. The Morgan fingerprint density at radius 3 is 2.50 bits per heavy atom. The van der Waals surface area contributed by atoms with Gasteiger partial charge in [-0.05, 0) is 24.3 Å². The summed E-state index contributed by atoms with van der Waals surface area (Å²) in [6, 6.07) is 5.15. The average Bonchev–Trinajstić information content (AvgIpc) is 2.61. The number of urea groups is 1. The molecule has 18 heavy (non-hydrogen) atoms. The summed E-state index contributed by atoms with van der Waals surface area (Å²) in [6.45, 7) is 0. The fourth-order valence-electron chi connectivity index (χ4n) is 1.53. The molecular formula is C11H10ClN3O3. The molecule has 1 atom stereocenters. The van der Waals surface area contributed by atoms with Crippen molar-refractivity contribution in [3.05, 3.63) is 29.3 Å². The topological polar surface area (TPSA) is 87.3 Å². The second kappa shape index (κ2) is 5.05. The predicted octanol–water partition coefficient (Wildman–Crippen LogP) is 0.877. The van der Waals surface area contributed by atoms with Gasteiger partial charge in [0.15, 0.2) is 0 Å². The first kappa shape index (κ1) is 12.4. The van der Waals surface area contributed by atoms with Crippen LogP contribution in [0.2, 0.25) is 5.02 Å². The van der Waals surface area contributed by atoms with Crippen molar-refractivity contribution in [3.8, 4) is 0 Å². The third kappa shape index (κ3) is 2.98. The molecule has 0 bridgehead atoms. The van der Waals surface area contributed by atoms with E-state index < -0.39 is 23.9 Å². The number of hydrogen-bond donors (Lipinski definition) is 3. The monoisotopic (exact) mass is 267 g/mol. The number of carbonyl (C=O) groups is 3. The van der Waals surface area contributed by atoms with Crippen molar-refractivity contribution in [2.24, 2.45) is 0 Å². The summed E-state index contributed by atoms with van der Waals surface area (Å²) in [5, 5.41) is 7.60. The summed E-state index contributed by atoms with van der Waals surface area (Å²) in [5.74, 6) is -0.886. The lowest BCUT2D eigenvalue weighted by molar-refractivity contribution is -0.125. The molecule has 3 N–H and O–H groups in total. The van der Waals surface area contributed by atoms with Crippen LogP contribution in [0.1, 0.15) is 6.42 Å². The molecule has 1 fully saturated rings. The van der Waals surface area contributed by atoms with Crippen LogP contribution in [0.5, 0.6) is 0 Å². The Labute approximate surface area is 108 Å². The molecule has 1 unspecified atom stereocenters. The number of carbonyl (C=O) groups excluding carboxylic acids is 3. The van der Waals surface area contributed by atoms with Crippen molar-refractivity contribution in [1.29, 1.82) is 0 Å². The third-order valence-electron chi connectivity index (χ3n) is 2.38. The second-order valence-electron chi connectivity index (χ2n) is 3.77. The number of amides is 4. The highest BCUT2D eigenvalue weighted by molar-refractivity contribution is 6.30. The van der Waals surface area contributed by atoms with Crippen molar-refractivity contribution in [1.82, 2.24) is 10.6 Å². The van der Waals surface area contributed by atoms with E-state index in [0.29, 0.717) is 10.7 Å². The van der Waals surface area contributed by atoms with Crippen molar-refractivity contribution in [2.45, 2.75) is 12.5 Å². The Balaban J connectivity index is 1.91. The standard InChI is InChI=1S/C11H10ClN3O3/c12-6-1-3-7(4-2-6)13-11(18)14-8-5-9(16)15-10(8)17/h1-4,8H,5H2,(H2,13,14,18)(H,15,16,17). The van der Waals surface area contributed by atoms with E-state index in [0.717, 1.165) is 0 Å². The normalized spacial score (nSPS) is 18.4. The van der Waals surface area contributed by atoms with Crippen LogP contribution in [0.25, 0.3) is 0 Å². The van der Waals surface area contributed by atoms with Gasteiger partial charge in [0, 0.05) is 10.7 Å². The number of hydrogen-bond acceptors (Lipinski definition) is 3. The first-order valence-corrected chi connectivity index (χ1v) is 5.59. The Morgan fingerprint density at radius 1 is 1.28 bits per heavy atom. The molecule has 4 amide bonds. The Kier molecular flexibility index (Phi) is 3.47. The molecule has 0 saturated carbocycles. The smallest absolute Gasteiger partial charge is 0.319 e. The van der Waals surface area contributed by atoms with Gasteiger partial charge >= 0.3 is 6.03 Å². The second-order valence-corrected chi connectivity index (χ2v) is 4.21. The summed E-state index contributed by atoms with van der Waals surface area (Å²) in [7, 11) is 0. The maximum atomic E-state index is 11.6. The quantitative estimate of drug-likeness (QED) is 0.695. The molecule has 0 radical (unpaired) electrons. The molecular weight excluding hydrogens is 258 g/mol. The van der Waals surface area contributed by atoms with Crippen LogP contribution in [-0.2, 0) is 9.59 Å². The van der Waals surface area contributed by atoms with Gasteiger partial charge in [-0.15, -0.1) is 0 Å². The largest absolute Gasteiger partial charge is 0.326 e. The molecule has 1 heterocycles. The van der Waals surface area contributed by atoms with Gasteiger partial charge in [0.05, 0.1) is 6.42 Å². The molecule has 1 saturated heterocycles. The highest BCUT2D eigenvalue weighted by Crippen LogP contribution is 2.13. The van der Waals surface area contributed by atoms with Crippen LogP contribution in [0.4, 0.5) is 10.5 Å². The van der Waals surface area contributed by atoms with Crippen LogP contribution in [0.15, 0.2) is 24.3 Å². The van der Waals surface area contributed by atoms with Crippen LogP contribution in [0, 0.1) is 0 Å². The molecule has 0 aliphatic carbocycles. The number of rotatable bonds is 2. The number of halogens is 1. The minimum atomic E-state index is -0.815. The van der Waals surface area contributed by atoms with Gasteiger partial charge in [0.25, 0.3) is 0 Å². The average molecular weight is 268 g/mol. The lowest BCUT2D eigenvalue weighted by Crippen LogP contribution is -2.42. The number of anilines is 1. The van der Waals surface area contributed by atoms with E-state index in [4.69, 9.17) is 11.6 Å². The maximum Gasteiger partial charge on any atom is 0.319 e. The minimum absolute atomic E-state index is 0.0349. The zero-order valence-corrected chi connectivity index (χ0v) is 9.95. The lowest BCUT2D eigenvalue weighted by atomic mass is 10.2. The summed E-state index contributed by atoms with van der Waals surface area (Å²) in [6.07, 6.45) is -0.0349. The minimum Gasteiger partial charge on any atom is -0.326 e. The Bertz CT molecular complexity index is 501. The molecule has 0 aromatic heterocycles. The first-order valence-electron chi connectivity index (χ1n) is 5.21. The number of nitrogens with one attached hydrogen (secondary N) is 3. The molecule has 1 aromatic carbocycles. The Morgan fingerprint density at radius 2 is 1.94 bits per heavy atom. The summed E-state index contributed by atoms with van der Waals surface area (Å²) in [5.41, 5.74) is 0.543. The molecule has 7 heteroatoms. The SMILES string of the molecule is O=C1CC(NC(=O)Nc2ccc(Cl)cc2)C(=O)N1. The van der Waals surface area contributed by atoms with E-state index >= 15 is 0 Å². The molecule has 1 aromatic rings. The van der Waals surface area contributed by atoms with E-state index in [-0.39, 0.29) is 6.42 Å². The highest BCUT2D eigenvalue weighted by atomic mass is 35.5. The van der Waals surface area contributed by atoms with Crippen molar-refractivity contribution in [2.75, 3.05) is 5.32 Å². The molecule has 2 rings (SSSR count). The lowest BCUT2D eigenvalue weighted by Gasteiger charge is -2.10. The van der Waals surface area contributed by atoms with Gasteiger partial charge in [-0.2, -0.15) is 0 Å². The van der Waals surface area contributed by atoms with Gasteiger partial charge in [-0.3, -0.25) is 14.9 Å². The Hall–Kier alpha value is -2.08. The molecule has 6 nitrogen and oxygen atoms in total. The van der Waals surface area contributed by atoms with Gasteiger partial charge in [0.2, 0.25) is 11.8 Å². The van der Waals surface area contributed by atoms with E-state index in [9.17, 15) is 14.4 Å². The molecule has 1 aliphatic rings. The van der Waals surface area contributed by atoms with Gasteiger partial charge in [-0.1, -0.05) is 11.6 Å². The van der Waals surface area contributed by atoms with E-state index in [1.807, 2.05) is 0 Å². The fraction of sp³-hybridized carbons (Fsp3) is 0.182. The van der Waals surface area contributed by atoms with Gasteiger partial charge < -0.3 is 10.6 Å². The van der Waals surface area contributed by atoms with Crippen molar-refractivity contribution in [3.63, 3.8) is 0 Å². The van der Waals surface area contributed by atoms with Crippen LogP contribution in [0.3, 0.4) is 0 Å². The molecule has 0 spiro atoms. The van der Waals surface area contributed by atoms with Crippen LogP contribution < -0.4 is 16.0 Å². The molecule has 94 valence electrons. The van der Waals surface area contributed by atoms with Crippen molar-refractivity contribution >= 4 is 35.1 Å².